The standard InChI is InChI=1S/C39H43N3O9S/c1-23-18-30(24(2)25(3)34(23)49-22-47-8)50-31-20-27(42(7)37(46)51-38(4,5)6)12-15-29(31)39(16-9-17-40-39)33(43)21-48-28-13-10-26(11-14-28)19-32-35(44)41-36(45)52-32/h9-18,20,44H,19,21-22H2,1-8H3,(H,41,45). The first-order chi connectivity index (χ1) is 24.6. The highest BCUT2D eigenvalue weighted by Gasteiger charge is 2.42. The minimum atomic E-state index is -1.49. The summed E-state index contributed by atoms with van der Waals surface area (Å²) >= 11 is 0.949. The monoisotopic (exact) mass is 729 g/mol. The summed E-state index contributed by atoms with van der Waals surface area (Å²) < 4.78 is 29.2. The number of nitrogens with one attached hydrogen (secondary N) is 1. The fraction of sp³-hybridized carbons (Fsp3) is 0.333. The number of nitrogens with zero attached hydrogens (tertiary/aromatic N) is 2. The molecular formula is C39H43N3O9S. The number of aromatic hydroxyl groups is 1. The number of carbonyl (C=O) groups is 2. The number of aryl methyl sites for hydroxylation is 1. The van der Waals surface area contributed by atoms with Crippen molar-refractivity contribution < 1.29 is 38.4 Å². The van der Waals surface area contributed by atoms with Gasteiger partial charge in [0.15, 0.2) is 12.3 Å². The third kappa shape index (κ3) is 8.38. The predicted octanol–water partition coefficient (Wildman–Crippen LogP) is 7.29. The zero-order valence-electron chi connectivity index (χ0n) is 30.5. The second kappa shape index (κ2) is 15.5. The molecule has 0 aliphatic carbocycles. The second-order valence-electron chi connectivity index (χ2n) is 13.4. The predicted molar refractivity (Wildman–Crippen MR) is 200 cm³/mol. The largest absolute Gasteiger partial charge is 0.494 e. The molecule has 0 fully saturated rings. The maximum Gasteiger partial charge on any atom is 0.414 e. The van der Waals surface area contributed by atoms with Crippen molar-refractivity contribution >= 4 is 35.1 Å². The number of hydrogen-bond donors (Lipinski definition) is 2. The van der Waals surface area contributed by atoms with E-state index in [9.17, 15) is 19.5 Å². The zero-order valence-corrected chi connectivity index (χ0v) is 31.3. The highest BCUT2D eigenvalue weighted by atomic mass is 32.1. The van der Waals surface area contributed by atoms with E-state index in [4.69, 9.17) is 23.7 Å². The third-order valence-corrected chi connectivity index (χ3v) is 9.31. The van der Waals surface area contributed by atoms with Crippen LogP contribution in [0.5, 0.6) is 28.9 Å². The maximum atomic E-state index is 14.2. The number of aliphatic imine (C=N–C) groups is 1. The van der Waals surface area contributed by atoms with Crippen molar-refractivity contribution in [2.24, 2.45) is 4.99 Å². The van der Waals surface area contributed by atoms with Crippen LogP contribution in [-0.4, -0.2) is 61.3 Å². The summed E-state index contributed by atoms with van der Waals surface area (Å²) in [6.07, 6.45) is 4.76. The number of anilines is 1. The molecule has 2 N–H and O–H groups in total. The van der Waals surface area contributed by atoms with Crippen LogP contribution in [0, 0.1) is 20.8 Å². The Bertz CT molecular complexity index is 2060. The first-order valence-corrected chi connectivity index (χ1v) is 17.3. The number of benzene rings is 3. The number of aromatic nitrogens is 1. The number of aromatic amines is 1. The highest BCUT2D eigenvalue weighted by Crippen LogP contribution is 2.43. The number of thiazole rings is 1. The van der Waals surface area contributed by atoms with Crippen molar-refractivity contribution in [3.63, 3.8) is 0 Å². The molecule has 3 aromatic carbocycles. The number of methoxy groups -OCH3 is 1. The molecule has 1 atom stereocenters. The molecule has 5 rings (SSSR count). The average molecular weight is 730 g/mol. The molecule has 0 spiro atoms. The summed E-state index contributed by atoms with van der Waals surface area (Å²) in [4.78, 5) is 47.4. The molecule has 0 bridgehead atoms. The quantitative estimate of drug-likeness (QED) is 0.135. The Morgan fingerprint density at radius 2 is 1.73 bits per heavy atom. The zero-order chi connectivity index (χ0) is 37.8. The molecular weight excluding hydrogens is 687 g/mol. The van der Waals surface area contributed by atoms with Crippen LogP contribution in [0.15, 0.2) is 70.5 Å². The van der Waals surface area contributed by atoms with E-state index in [0.717, 1.165) is 33.6 Å². The fourth-order valence-corrected chi connectivity index (χ4v) is 6.38. The molecule has 1 aromatic heterocycles. The van der Waals surface area contributed by atoms with E-state index in [2.05, 4.69) is 9.98 Å². The van der Waals surface area contributed by atoms with Gasteiger partial charge >= 0.3 is 11.0 Å². The van der Waals surface area contributed by atoms with Gasteiger partial charge in [-0.1, -0.05) is 23.5 Å². The molecule has 1 amide bonds. The second-order valence-corrected chi connectivity index (χ2v) is 14.4. The summed E-state index contributed by atoms with van der Waals surface area (Å²) in [6.45, 7) is 10.9. The van der Waals surface area contributed by atoms with Crippen LogP contribution >= 0.6 is 11.3 Å². The van der Waals surface area contributed by atoms with Gasteiger partial charge in [-0.15, -0.1) is 0 Å². The summed E-state index contributed by atoms with van der Waals surface area (Å²) in [6, 6.07) is 14.0. The smallest absolute Gasteiger partial charge is 0.414 e. The molecule has 2 heterocycles. The van der Waals surface area contributed by atoms with Gasteiger partial charge in [0.2, 0.25) is 11.7 Å². The Balaban J connectivity index is 1.47. The van der Waals surface area contributed by atoms with Gasteiger partial charge in [-0.25, -0.2) is 4.79 Å². The Morgan fingerprint density at radius 1 is 1.00 bits per heavy atom. The van der Waals surface area contributed by atoms with Crippen LogP contribution in [0.25, 0.3) is 0 Å². The molecule has 1 unspecified atom stereocenters. The Morgan fingerprint density at radius 3 is 2.35 bits per heavy atom. The van der Waals surface area contributed by atoms with Crippen LogP contribution in [-0.2, 0) is 26.2 Å². The van der Waals surface area contributed by atoms with Crippen LogP contribution in [0.3, 0.4) is 0 Å². The molecule has 52 heavy (non-hydrogen) atoms. The summed E-state index contributed by atoms with van der Waals surface area (Å²) in [5.41, 5.74) is 2.07. The lowest BCUT2D eigenvalue weighted by Crippen LogP contribution is -2.36. The Hall–Kier alpha value is -5.40. The Kier molecular flexibility index (Phi) is 11.3. The summed E-state index contributed by atoms with van der Waals surface area (Å²) in [5, 5.41) is 9.94. The van der Waals surface area contributed by atoms with E-state index in [1.54, 1.807) is 95.8 Å². The minimum absolute atomic E-state index is 0.0908. The number of amides is 1. The van der Waals surface area contributed by atoms with Crippen LogP contribution in [0.1, 0.15) is 53.5 Å². The number of hydrogen-bond acceptors (Lipinski definition) is 11. The van der Waals surface area contributed by atoms with Gasteiger partial charge in [0.25, 0.3) is 0 Å². The lowest BCUT2D eigenvalue weighted by molar-refractivity contribution is -0.124. The molecule has 0 radical (unpaired) electrons. The van der Waals surface area contributed by atoms with E-state index in [1.165, 1.54) is 4.90 Å². The first kappa shape index (κ1) is 37.8. The number of ether oxygens (including phenoxy) is 5. The number of rotatable bonds is 13. The molecule has 0 saturated carbocycles. The van der Waals surface area contributed by atoms with Gasteiger partial charge < -0.3 is 28.8 Å². The van der Waals surface area contributed by atoms with E-state index in [1.807, 2.05) is 26.8 Å². The van der Waals surface area contributed by atoms with Gasteiger partial charge in [-0.05, 0) is 106 Å². The number of ketones is 1. The van der Waals surface area contributed by atoms with Gasteiger partial charge in [-0.3, -0.25) is 24.5 Å². The molecule has 1 aliphatic rings. The molecule has 12 nitrogen and oxygen atoms in total. The fourth-order valence-electron chi connectivity index (χ4n) is 5.62. The van der Waals surface area contributed by atoms with E-state index < -0.39 is 17.2 Å². The van der Waals surface area contributed by atoms with Crippen LogP contribution in [0.2, 0.25) is 0 Å². The van der Waals surface area contributed by atoms with E-state index >= 15 is 0 Å². The summed E-state index contributed by atoms with van der Waals surface area (Å²) in [5.74, 6) is 1.48. The third-order valence-electron chi connectivity index (χ3n) is 8.44. The highest BCUT2D eigenvalue weighted by molar-refractivity contribution is 7.09. The van der Waals surface area contributed by atoms with Gasteiger partial charge in [0.05, 0.1) is 10.6 Å². The summed E-state index contributed by atoms with van der Waals surface area (Å²) in [7, 11) is 3.16. The lowest BCUT2D eigenvalue weighted by Gasteiger charge is -2.28. The lowest BCUT2D eigenvalue weighted by atomic mass is 9.86. The normalized spacial score (nSPS) is 15.1. The molecule has 274 valence electrons. The molecule has 13 heteroatoms. The number of carbonyl (C=O) groups excluding carboxylic acids is 2. The maximum absolute atomic E-state index is 14.2. The molecule has 0 saturated heterocycles. The number of allylic oxidation sites excluding steroid dienone is 1. The molecule has 4 aromatic rings. The van der Waals surface area contributed by atoms with Crippen LogP contribution in [0.4, 0.5) is 10.5 Å². The van der Waals surface area contributed by atoms with Crippen molar-refractivity contribution in [2.75, 3.05) is 32.5 Å². The van der Waals surface area contributed by atoms with E-state index in [-0.39, 0.29) is 29.9 Å². The number of H-pyrrole nitrogens is 1. The van der Waals surface area contributed by atoms with E-state index in [0.29, 0.717) is 45.5 Å². The average Bonchev–Trinajstić information content (AvgIpc) is 3.71. The number of Topliss-reactive ketones (excluding diaryl/α,β-unsaturated/α-hetero) is 1. The van der Waals surface area contributed by atoms with Crippen molar-refractivity contribution in [3.8, 4) is 28.9 Å². The minimum Gasteiger partial charge on any atom is -0.494 e. The molecule has 1 aliphatic heterocycles. The first-order valence-electron chi connectivity index (χ1n) is 16.5. The van der Waals surface area contributed by atoms with Gasteiger partial charge in [-0.2, -0.15) is 0 Å². The van der Waals surface area contributed by atoms with Crippen molar-refractivity contribution in [2.45, 2.75) is 59.1 Å². The SMILES string of the molecule is COCOc1c(C)cc(Oc2cc(N(C)C(=O)OC(C)(C)C)ccc2C2(C(=O)COc3ccc(Cc4sc(=O)[nH]c4O)cc3)C=CC=N2)c(C)c1C. The van der Waals surface area contributed by atoms with Gasteiger partial charge in [0, 0.05) is 38.4 Å². The van der Waals surface area contributed by atoms with Crippen molar-refractivity contribution in [1.82, 2.24) is 4.98 Å². The van der Waals surface area contributed by atoms with Crippen molar-refractivity contribution in [3.05, 3.63) is 103 Å². The topological polar surface area (TPSA) is 149 Å². The van der Waals surface area contributed by atoms with Gasteiger partial charge in [0.1, 0.15) is 35.2 Å². The van der Waals surface area contributed by atoms with Crippen molar-refractivity contribution in [1.29, 1.82) is 0 Å². The Labute approximate surface area is 306 Å². The van der Waals surface area contributed by atoms with Crippen LogP contribution < -0.4 is 24.0 Å².